The number of anilines is 1. The minimum Gasteiger partial charge on any atom is -0.494 e. The van der Waals surface area contributed by atoms with Crippen LogP contribution in [0.2, 0.25) is 5.02 Å². The van der Waals surface area contributed by atoms with Gasteiger partial charge in [0, 0.05) is 11.9 Å². The molecule has 0 unspecified atom stereocenters. The zero-order chi connectivity index (χ0) is 24.4. The third kappa shape index (κ3) is 4.23. The van der Waals surface area contributed by atoms with Crippen LogP contribution in [-0.4, -0.2) is 25.7 Å². The van der Waals surface area contributed by atoms with E-state index in [0.29, 0.717) is 22.5 Å². The molecule has 0 saturated carbocycles. The molecular formula is C28H20ClN3O3. The minimum atomic E-state index is -0.376. The number of rotatable bonds is 5. The Morgan fingerprint density at radius 2 is 1.34 bits per heavy atom. The van der Waals surface area contributed by atoms with E-state index in [-0.39, 0.29) is 28.4 Å². The molecule has 0 fully saturated rings. The van der Waals surface area contributed by atoms with Crippen molar-refractivity contribution in [1.29, 1.82) is 0 Å². The molecule has 35 heavy (non-hydrogen) atoms. The van der Waals surface area contributed by atoms with Gasteiger partial charge in [-0.25, -0.2) is 4.57 Å². The molecule has 0 aliphatic carbocycles. The van der Waals surface area contributed by atoms with Crippen LogP contribution in [0, 0.1) is 0 Å². The van der Waals surface area contributed by atoms with Gasteiger partial charge in [-0.1, -0.05) is 78.3 Å². The van der Waals surface area contributed by atoms with Gasteiger partial charge in [-0.3, -0.25) is 9.78 Å². The number of carbonyl (C=O) groups is 1. The highest BCUT2D eigenvalue weighted by atomic mass is 35.5. The Morgan fingerprint density at radius 1 is 0.771 bits per heavy atom. The predicted molar refractivity (Wildman–Crippen MR) is 137 cm³/mol. The lowest BCUT2D eigenvalue weighted by Crippen LogP contribution is -2.13. The van der Waals surface area contributed by atoms with Crippen LogP contribution in [0.1, 0.15) is 10.5 Å². The lowest BCUT2D eigenvalue weighted by molar-refractivity contribution is 0.102. The van der Waals surface area contributed by atoms with Crippen molar-refractivity contribution in [3.8, 4) is 39.7 Å². The summed E-state index contributed by atoms with van der Waals surface area (Å²) in [5.74, 6) is -0.682. The van der Waals surface area contributed by atoms with E-state index < -0.39 is 0 Å². The molecule has 2 aromatic heterocycles. The van der Waals surface area contributed by atoms with E-state index in [1.54, 1.807) is 36.4 Å². The maximum absolute atomic E-state index is 12.4. The van der Waals surface area contributed by atoms with Crippen LogP contribution >= 0.6 is 11.6 Å². The number of carbonyl (C=O) groups excluding carboxylic acids is 1. The number of nitrogens with zero attached hydrogens (tertiary/aromatic N) is 2. The van der Waals surface area contributed by atoms with Gasteiger partial charge in [0.05, 0.1) is 21.8 Å². The average Bonchev–Trinajstić information content (AvgIpc) is 3.15. The first-order chi connectivity index (χ1) is 17.0. The number of benzene rings is 3. The van der Waals surface area contributed by atoms with Gasteiger partial charge < -0.3 is 15.5 Å². The minimum absolute atomic E-state index is 0.153. The summed E-state index contributed by atoms with van der Waals surface area (Å²) < 4.78 is 1.30. The van der Waals surface area contributed by atoms with Crippen molar-refractivity contribution in [2.75, 3.05) is 5.32 Å². The molecule has 5 rings (SSSR count). The molecule has 1 amide bonds. The first-order valence-electron chi connectivity index (χ1n) is 10.8. The van der Waals surface area contributed by atoms with Crippen molar-refractivity contribution in [3.05, 3.63) is 114 Å². The Kier molecular flexibility index (Phi) is 5.95. The summed E-state index contributed by atoms with van der Waals surface area (Å²) in [7, 11) is 0. The van der Waals surface area contributed by atoms with Crippen LogP contribution in [0.5, 0.6) is 11.8 Å². The third-order valence-electron chi connectivity index (χ3n) is 5.59. The van der Waals surface area contributed by atoms with Gasteiger partial charge in [0.15, 0.2) is 0 Å². The molecule has 5 aromatic rings. The quantitative estimate of drug-likeness (QED) is 0.266. The van der Waals surface area contributed by atoms with Crippen molar-refractivity contribution in [2.24, 2.45) is 0 Å². The van der Waals surface area contributed by atoms with E-state index in [0.717, 1.165) is 11.1 Å². The number of hydrogen-bond donors (Lipinski definition) is 3. The van der Waals surface area contributed by atoms with Gasteiger partial charge in [0.2, 0.25) is 11.8 Å². The second-order valence-electron chi connectivity index (χ2n) is 7.80. The number of hydrogen-bond acceptors (Lipinski definition) is 4. The fourth-order valence-electron chi connectivity index (χ4n) is 3.99. The lowest BCUT2D eigenvalue weighted by Gasteiger charge is -2.12. The first kappa shape index (κ1) is 22.3. The second kappa shape index (κ2) is 9.37. The van der Waals surface area contributed by atoms with Crippen LogP contribution in [0.4, 0.5) is 5.69 Å². The number of amides is 1. The van der Waals surface area contributed by atoms with Gasteiger partial charge in [0.25, 0.3) is 5.91 Å². The summed E-state index contributed by atoms with van der Waals surface area (Å²) >= 11 is 6.58. The monoisotopic (exact) mass is 481 g/mol. The molecule has 172 valence electrons. The molecular weight excluding hydrogens is 462 g/mol. The third-order valence-corrected chi connectivity index (χ3v) is 5.89. The Morgan fingerprint density at radius 3 is 1.86 bits per heavy atom. The van der Waals surface area contributed by atoms with E-state index in [1.807, 2.05) is 60.7 Å². The van der Waals surface area contributed by atoms with Crippen LogP contribution in [0.3, 0.4) is 0 Å². The largest absolute Gasteiger partial charge is 0.494 e. The van der Waals surface area contributed by atoms with E-state index >= 15 is 0 Å². The zero-order valence-corrected chi connectivity index (χ0v) is 19.1. The molecule has 0 aliphatic heterocycles. The highest BCUT2D eigenvalue weighted by Crippen LogP contribution is 2.49. The highest BCUT2D eigenvalue weighted by Gasteiger charge is 2.26. The van der Waals surface area contributed by atoms with Crippen LogP contribution < -0.4 is 5.32 Å². The molecule has 7 heteroatoms. The van der Waals surface area contributed by atoms with E-state index in [2.05, 4.69) is 10.3 Å². The van der Waals surface area contributed by atoms with E-state index in [1.165, 1.54) is 10.8 Å². The van der Waals surface area contributed by atoms with Crippen LogP contribution in [0.25, 0.3) is 27.9 Å². The predicted octanol–water partition coefficient (Wildman–Crippen LogP) is 6.52. The molecule has 2 heterocycles. The summed E-state index contributed by atoms with van der Waals surface area (Å²) in [6, 6.07) is 28.6. The van der Waals surface area contributed by atoms with Crippen molar-refractivity contribution in [1.82, 2.24) is 9.55 Å². The zero-order valence-electron chi connectivity index (χ0n) is 18.4. The Labute approximate surface area is 206 Å². The molecule has 3 N–H and O–H groups in total. The molecule has 6 nitrogen and oxygen atoms in total. The standard InChI is InChI=1S/C28H20ClN3O3/c29-21-17-20(31-26(33)22-13-7-8-16-30-22)14-15-23(21)32-27(34)24(18-9-3-1-4-10-18)25(28(32)35)19-11-5-2-6-12-19/h1-17,34-35H,(H,31,33). The molecule has 0 spiro atoms. The number of nitrogens with one attached hydrogen (secondary N) is 1. The summed E-state index contributed by atoms with van der Waals surface area (Å²) in [6.07, 6.45) is 1.54. The summed E-state index contributed by atoms with van der Waals surface area (Å²) in [6.45, 7) is 0. The van der Waals surface area contributed by atoms with Crippen LogP contribution in [-0.2, 0) is 0 Å². The fourth-order valence-corrected chi connectivity index (χ4v) is 4.26. The topological polar surface area (TPSA) is 87.4 Å². The summed E-state index contributed by atoms with van der Waals surface area (Å²) in [5, 5.41) is 25.6. The van der Waals surface area contributed by atoms with Crippen LogP contribution in [0.15, 0.2) is 103 Å². The maximum atomic E-state index is 12.4. The average molecular weight is 482 g/mol. The SMILES string of the molecule is O=C(Nc1ccc(-n2c(O)c(-c3ccccc3)c(-c3ccccc3)c2O)c(Cl)c1)c1ccccn1. The maximum Gasteiger partial charge on any atom is 0.274 e. The number of pyridine rings is 1. The summed E-state index contributed by atoms with van der Waals surface area (Å²) in [5.41, 5.74) is 3.54. The smallest absolute Gasteiger partial charge is 0.274 e. The highest BCUT2D eigenvalue weighted by molar-refractivity contribution is 6.33. The van der Waals surface area contributed by atoms with E-state index in [9.17, 15) is 15.0 Å². The van der Waals surface area contributed by atoms with Gasteiger partial charge >= 0.3 is 0 Å². The summed E-state index contributed by atoms with van der Waals surface area (Å²) in [4.78, 5) is 16.5. The lowest BCUT2D eigenvalue weighted by atomic mass is 9.98. The van der Waals surface area contributed by atoms with Gasteiger partial charge in [-0.05, 0) is 41.5 Å². The van der Waals surface area contributed by atoms with Crippen molar-refractivity contribution in [2.45, 2.75) is 0 Å². The van der Waals surface area contributed by atoms with Crippen molar-refractivity contribution in [3.63, 3.8) is 0 Å². The Balaban J connectivity index is 1.60. The molecule has 0 saturated heterocycles. The molecule has 0 atom stereocenters. The van der Waals surface area contributed by atoms with Crippen molar-refractivity contribution < 1.29 is 15.0 Å². The first-order valence-corrected chi connectivity index (χ1v) is 11.2. The molecule has 3 aromatic carbocycles. The number of halogens is 1. The van der Waals surface area contributed by atoms with Gasteiger partial charge in [-0.2, -0.15) is 0 Å². The number of aromatic hydroxyl groups is 2. The normalized spacial score (nSPS) is 10.8. The van der Waals surface area contributed by atoms with E-state index in [4.69, 9.17) is 11.6 Å². The van der Waals surface area contributed by atoms with Crippen molar-refractivity contribution >= 4 is 23.2 Å². The fraction of sp³-hybridized carbons (Fsp3) is 0. The number of aromatic nitrogens is 2. The Hall–Kier alpha value is -4.55. The Bertz CT molecular complexity index is 1440. The molecule has 0 radical (unpaired) electrons. The van der Waals surface area contributed by atoms with Gasteiger partial charge in [0.1, 0.15) is 5.69 Å². The molecule has 0 aliphatic rings. The second-order valence-corrected chi connectivity index (χ2v) is 8.21. The van der Waals surface area contributed by atoms with Gasteiger partial charge in [-0.15, -0.1) is 0 Å². The molecule has 0 bridgehead atoms.